The smallest absolute Gasteiger partial charge is 0.322 e. The molecule has 2 rings (SSSR count). The third kappa shape index (κ3) is 4.17. The predicted octanol–water partition coefficient (Wildman–Crippen LogP) is 3.68. The van der Waals surface area contributed by atoms with Gasteiger partial charge in [-0.2, -0.15) is 0 Å². The number of carbonyl (C=O) groups is 1. The van der Waals surface area contributed by atoms with Crippen molar-refractivity contribution in [3.8, 4) is 0 Å². The Kier molecular flexibility index (Phi) is 5.67. The van der Waals surface area contributed by atoms with E-state index in [-0.39, 0.29) is 17.6 Å². The number of esters is 1. The Morgan fingerprint density at radius 2 is 1.62 bits per heavy atom. The molecule has 0 aliphatic carbocycles. The molecule has 0 saturated heterocycles. The zero-order chi connectivity index (χ0) is 17.9. The van der Waals surface area contributed by atoms with Gasteiger partial charge >= 0.3 is 5.97 Å². The molecule has 3 atom stereocenters. The molecule has 0 radical (unpaired) electrons. The Bertz CT molecular complexity index is 714. The van der Waals surface area contributed by atoms with E-state index < -0.39 is 18.1 Å². The Hall–Kier alpha value is -2.27. The van der Waals surface area contributed by atoms with Gasteiger partial charge in [0.15, 0.2) is 0 Å². The van der Waals surface area contributed by atoms with E-state index in [1.54, 1.807) is 39.0 Å². The van der Waals surface area contributed by atoms with Crippen LogP contribution in [0.3, 0.4) is 0 Å². The van der Waals surface area contributed by atoms with Gasteiger partial charge in [0.2, 0.25) is 0 Å². The highest BCUT2D eigenvalue weighted by Gasteiger charge is 2.27. The summed E-state index contributed by atoms with van der Waals surface area (Å²) >= 11 is 0. The number of hydrogen-bond donors (Lipinski definition) is 1. The molecule has 2 aromatic rings. The van der Waals surface area contributed by atoms with Crippen molar-refractivity contribution >= 4 is 5.97 Å². The summed E-state index contributed by atoms with van der Waals surface area (Å²) in [6.07, 6.45) is -0.543. The lowest BCUT2D eigenvalue weighted by molar-refractivity contribution is -0.149. The van der Waals surface area contributed by atoms with Crippen molar-refractivity contribution in [2.45, 2.75) is 38.8 Å². The molecule has 5 heteroatoms. The largest absolute Gasteiger partial charge is 0.461 e. The van der Waals surface area contributed by atoms with Crippen LogP contribution in [0.1, 0.15) is 36.5 Å². The van der Waals surface area contributed by atoms with Gasteiger partial charge in [0.1, 0.15) is 23.8 Å². The Labute approximate surface area is 140 Å². The third-order valence-corrected chi connectivity index (χ3v) is 3.94. The molecular formula is C19H21F2NO2. The van der Waals surface area contributed by atoms with Crippen LogP contribution in [0.2, 0.25) is 0 Å². The average molecular weight is 333 g/mol. The molecular weight excluding hydrogens is 312 g/mol. The minimum atomic E-state index is -0.740. The second-order valence-electron chi connectivity index (χ2n) is 5.96. The molecule has 0 amide bonds. The number of aryl methyl sites for hydroxylation is 1. The monoisotopic (exact) mass is 333 g/mol. The Balaban J connectivity index is 2.44. The van der Waals surface area contributed by atoms with Crippen LogP contribution in [0, 0.1) is 18.6 Å². The van der Waals surface area contributed by atoms with Crippen LogP contribution in [0.15, 0.2) is 42.5 Å². The number of benzene rings is 2. The molecule has 0 fully saturated rings. The molecule has 2 aromatic carbocycles. The van der Waals surface area contributed by atoms with Crippen LogP contribution in [-0.2, 0) is 9.53 Å². The van der Waals surface area contributed by atoms with E-state index in [0.29, 0.717) is 0 Å². The third-order valence-electron chi connectivity index (χ3n) is 3.94. The fraction of sp³-hybridized carbons (Fsp3) is 0.316. The number of halogens is 2. The molecule has 0 saturated carbocycles. The molecule has 0 aliphatic heterocycles. The topological polar surface area (TPSA) is 52.3 Å². The fourth-order valence-electron chi connectivity index (χ4n) is 2.72. The normalized spacial score (nSPS) is 14.8. The van der Waals surface area contributed by atoms with Crippen LogP contribution in [0.4, 0.5) is 8.78 Å². The van der Waals surface area contributed by atoms with E-state index in [4.69, 9.17) is 10.5 Å². The second kappa shape index (κ2) is 7.53. The second-order valence-corrected chi connectivity index (χ2v) is 5.96. The zero-order valence-electron chi connectivity index (χ0n) is 13.9. The van der Waals surface area contributed by atoms with Crippen molar-refractivity contribution in [2.24, 2.45) is 5.73 Å². The van der Waals surface area contributed by atoms with Crippen LogP contribution in [-0.4, -0.2) is 18.1 Å². The summed E-state index contributed by atoms with van der Waals surface area (Å²) in [5, 5.41) is 0. The molecule has 0 bridgehead atoms. The number of rotatable bonds is 5. The van der Waals surface area contributed by atoms with Gasteiger partial charge in [0.25, 0.3) is 0 Å². The minimum absolute atomic E-state index is 0.339. The molecule has 0 aromatic heterocycles. The van der Waals surface area contributed by atoms with Crippen molar-refractivity contribution in [3.05, 3.63) is 70.8 Å². The summed E-state index contributed by atoms with van der Waals surface area (Å²) < 4.78 is 32.1. The van der Waals surface area contributed by atoms with Gasteiger partial charge in [-0.05, 0) is 61.7 Å². The Morgan fingerprint density at radius 1 is 1.04 bits per heavy atom. The van der Waals surface area contributed by atoms with Crippen molar-refractivity contribution in [1.82, 2.24) is 0 Å². The number of carbonyl (C=O) groups excluding carboxylic acids is 1. The van der Waals surface area contributed by atoms with Crippen LogP contribution in [0.25, 0.3) is 0 Å². The number of ether oxygens (including phenoxy) is 1. The van der Waals surface area contributed by atoms with Gasteiger partial charge in [0.05, 0.1) is 0 Å². The van der Waals surface area contributed by atoms with Crippen molar-refractivity contribution in [1.29, 1.82) is 0 Å². The summed E-state index contributed by atoms with van der Waals surface area (Å²) in [6.45, 7) is 5.08. The Morgan fingerprint density at radius 3 is 2.17 bits per heavy atom. The maximum Gasteiger partial charge on any atom is 0.322 e. The first-order valence-corrected chi connectivity index (χ1v) is 7.77. The van der Waals surface area contributed by atoms with E-state index in [2.05, 4.69) is 0 Å². The summed E-state index contributed by atoms with van der Waals surface area (Å²) in [6, 6.07) is 9.68. The number of nitrogens with two attached hydrogens (primary N) is 1. The molecule has 128 valence electrons. The minimum Gasteiger partial charge on any atom is -0.461 e. The van der Waals surface area contributed by atoms with Gasteiger partial charge in [-0.1, -0.05) is 18.2 Å². The molecule has 0 aliphatic rings. The first kappa shape index (κ1) is 18.1. The van der Waals surface area contributed by atoms with Crippen molar-refractivity contribution < 1.29 is 18.3 Å². The maximum atomic E-state index is 13.4. The molecule has 0 unspecified atom stereocenters. The van der Waals surface area contributed by atoms with Gasteiger partial charge < -0.3 is 10.5 Å². The highest BCUT2D eigenvalue weighted by atomic mass is 19.1. The lowest BCUT2D eigenvalue weighted by atomic mass is 9.84. The molecule has 3 nitrogen and oxygen atoms in total. The van der Waals surface area contributed by atoms with Gasteiger partial charge in [-0.3, -0.25) is 4.79 Å². The van der Waals surface area contributed by atoms with E-state index in [1.165, 1.54) is 24.3 Å². The standard InChI is InChI=1S/C19H21F2NO2/c1-11-10-16(21)8-9-17(11)18(13(3)24-19(23)12(2)22)14-4-6-15(20)7-5-14/h4-10,12-13,18H,22H2,1-3H3/t12-,13-,18-/m0/s1. The lowest BCUT2D eigenvalue weighted by Crippen LogP contribution is -2.34. The number of hydrogen-bond acceptors (Lipinski definition) is 3. The van der Waals surface area contributed by atoms with Crippen molar-refractivity contribution in [2.75, 3.05) is 0 Å². The van der Waals surface area contributed by atoms with E-state index in [0.717, 1.165) is 16.7 Å². The van der Waals surface area contributed by atoms with Gasteiger partial charge in [-0.25, -0.2) is 8.78 Å². The molecule has 2 N–H and O–H groups in total. The van der Waals surface area contributed by atoms with E-state index in [1.807, 2.05) is 0 Å². The van der Waals surface area contributed by atoms with E-state index in [9.17, 15) is 13.6 Å². The van der Waals surface area contributed by atoms with Gasteiger partial charge in [-0.15, -0.1) is 0 Å². The van der Waals surface area contributed by atoms with Gasteiger partial charge in [0, 0.05) is 5.92 Å². The summed E-state index contributed by atoms with van der Waals surface area (Å²) in [5.41, 5.74) is 7.87. The fourth-order valence-corrected chi connectivity index (χ4v) is 2.72. The van der Waals surface area contributed by atoms with Crippen LogP contribution in [0.5, 0.6) is 0 Å². The quantitative estimate of drug-likeness (QED) is 0.849. The highest BCUT2D eigenvalue weighted by molar-refractivity contribution is 5.75. The van der Waals surface area contributed by atoms with Crippen LogP contribution < -0.4 is 5.73 Å². The predicted molar refractivity (Wildman–Crippen MR) is 88.6 cm³/mol. The highest BCUT2D eigenvalue weighted by Crippen LogP contribution is 2.32. The van der Waals surface area contributed by atoms with Crippen molar-refractivity contribution in [3.63, 3.8) is 0 Å². The molecule has 0 spiro atoms. The lowest BCUT2D eigenvalue weighted by Gasteiger charge is -2.27. The molecule has 24 heavy (non-hydrogen) atoms. The first-order valence-electron chi connectivity index (χ1n) is 7.77. The molecule has 0 heterocycles. The van der Waals surface area contributed by atoms with E-state index >= 15 is 0 Å². The van der Waals surface area contributed by atoms with Crippen LogP contribution >= 0.6 is 0 Å². The summed E-state index contributed by atoms with van der Waals surface area (Å²) in [7, 11) is 0. The maximum absolute atomic E-state index is 13.4. The summed E-state index contributed by atoms with van der Waals surface area (Å²) in [4.78, 5) is 11.8. The average Bonchev–Trinajstić information content (AvgIpc) is 2.51. The summed E-state index contributed by atoms with van der Waals surface area (Å²) in [5.74, 6) is -1.56. The zero-order valence-corrected chi connectivity index (χ0v) is 13.9. The first-order chi connectivity index (χ1) is 11.3. The SMILES string of the molecule is Cc1cc(F)ccc1[C@H](c1ccc(F)cc1)[C@H](C)OC(=O)[C@H](C)N.